The summed E-state index contributed by atoms with van der Waals surface area (Å²) in [7, 11) is 1.51. The Labute approximate surface area is 112 Å². The van der Waals surface area contributed by atoms with Gasteiger partial charge in [0.25, 0.3) is 0 Å². The van der Waals surface area contributed by atoms with E-state index in [0.717, 1.165) is 0 Å². The highest BCUT2D eigenvalue weighted by Crippen LogP contribution is 2.32. The highest BCUT2D eigenvalue weighted by molar-refractivity contribution is 6.37. The van der Waals surface area contributed by atoms with Crippen LogP contribution in [0.1, 0.15) is 5.69 Å². The average molecular weight is 280 g/mol. The van der Waals surface area contributed by atoms with E-state index in [9.17, 15) is 4.79 Å². The van der Waals surface area contributed by atoms with Crippen LogP contribution in [0.25, 0.3) is 16.4 Å². The lowest BCUT2D eigenvalue weighted by molar-refractivity contribution is 0.276. The number of nitrogens with one attached hydrogen (secondary N) is 1. The third kappa shape index (κ3) is 1.68. The Kier molecular flexibility index (Phi) is 2.69. The van der Waals surface area contributed by atoms with Gasteiger partial charge in [0.2, 0.25) is 0 Å². The summed E-state index contributed by atoms with van der Waals surface area (Å²) in [5, 5.41) is 14.2. The van der Waals surface area contributed by atoms with E-state index in [1.807, 2.05) is 0 Å². The van der Waals surface area contributed by atoms with Crippen molar-refractivity contribution in [1.29, 1.82) is 0 Å². The van der Waals surface area contributed by atoms with Gasteiger partial charge in [-0.25, -0.2) is 4.79 Å². The molecule has 0 amide bonds. The molecule has 7 heteroatoms. The monoisotopic (exact) mass is 279 g/mol. The van der Waals surface area contributed by atoms with Gasteiger partial charge in [-0.1, -0.05) is 11.6 Å². The van der Waals surface area contributed by atoms with E-state index >= 15 is 0 Å². The van der Waals surface area contributed by atoms with Crippen molar-refractivity contribution in [2.24, 2.45) is 0 Å². The van der Waals surface area contributed by atoms with Gasteiger partial charge in [-0.2, -0.15) is 9.61 Å². The van der Waals surface area contributed by atoms with Crippen LogP contribution in [0.3, 0.4) is 0 Å². The molecule has 0 aliphatic heterocycles. The van der Waals surface area contributed by atoms with E-state index in [1.165, 1.54) is 11.6 Å². The van der Waals surface area contributed by atoms with Crippen LogP contribution in [0.4, 0.5) is 0 Å². The maximum absolute atomic E-state index is 12.0. The molecule has 2 aromatic heterocycles. The van der Waals surface area contributed by atoms with E-state index in [1.54, 1.807) is 18.2 Å². The number of nitrogens with zero attached hydrogens (tertiary/aromatic N) is 2. The van der Waals surface area contributed by atoms with Gasteiger partial charge in [0.1, 0.15) is 5.75 Å². The van der Waals surface area contributed by atoms with E-state index in [4.69, 9.17) is 21.4 Å². The van der Waals surface area contributed by atoms with Crippen molar-refractivity contribution in [2.45, 2.75) is 6.61 Å². The van der Waals surface area contributed by atoms with Crippen molar-refractivity contribution in [3.05, 3.63) is 39.4 Å². The van der Waals surface area contributed by atoms with Gasteiger partial charge >= 0.3 is 5.69 Å². The SMILES string of the molecule is COc1ccc(Cl)c2c1[nH]c(=O)n1nc(CO)cc21. The quantitative estimate of drug-likeness (QED) is 0.742. The molecule has 0 saturated carbocycles. The summed E-state index contributed by atoms with van der Waals surface area (Å²) in [6.45, 7) is -0.246. The van der Waals surface area contributed by atoms with E-state index in [2.05, 4.69) is 10.1 Å². The maximum atomic E-state index is 12.0. The zero-order chi connectivity index (χ0) is 13.6. The van der Waals surface area contributed by atoms with Gasteiger partial charge in [-0.05, 0) is 18.2 Å². The van der Waals surface area contributed by atoms with Gasteiger partial charge in [-0.15, -0.1) is 0 Å². The molecule has 0 aliphatic carbocycles. The molecule has 6 nitrogen and oxygen atoms in total. The third-order valence-electron chi connectivity index (χ3n) is 2.94. The number of benzene rings is 1. The fourth-order valence-electron chi connectivity index (χ4n) is 2.10. The van der Waals surface area contributed by atoms with E-state index in [0.29, 0.717) is 32.9 Å². The average Bonchev–Trinajstić information content (AvgIpc) is 2.84. The molecule has 0 aliphatic rings. The number of aromatic amines is 1. The molecular weight excluding hydrogens is 270 g/mol. The number of ether oxygens (including phenoxy) is 1. The minimum atomic E-state index is -0.414. The van der Waals surface area contributed by atoms with Crippen LogP contribution >= 0.6 is 11.6 Å². The van der Waals surface area contributed by atoms with Crippen LogP contribution in [0.2, 0.25) is 5.02 Å². The lowest BCUT2D eigenvalue weighted by Crippen LogP contribution is -2.17. The molecule has 2 N–H and O–H groups in total. The molecule has 19 heavy (non-hydrogen) atoms. The second-order valence-corrected chi connectivity index (χ2v) is 4.43. The number of H-pyrrole nitrogens is 1. The van der Waals surface area contributed by atoms with Crippen LogP contribution in [-0.2, 0) is 6.61 Å². The van der Waals surface area contributed by atoms with Crippen molar-refractivity contribution in [1.82, 2.24) is 14.6 Å². The van der Waals surface area contributed by atoms with Crippen molar-refractivity contribution in [3.8, 4) is 5.75 Å². The normalized spacial score (nSPS) is 11.3. The number of methoxy groups -OCH3 is 1. The van der Waals surface area contributed by atoms with Gasteiger partial charge in [0.05, 0.1) is 35.5 Å². The van der Waals surface area contributed by atoms with Crippen molar-refractivity contribution in [3.63, 3.8) is 0 Å². The summed E-state index contributed by atoms with van der Waals surface area (Å²) in [5.74, 6) is 0.519. The molecule has 98 valence electrons. The molecule has 2 heterocycles. The number of hydrogen-bond acceptors (Lipinski definition) is 4. The summed E-state index contributed by atoms with van der Waals surface area (Å²) in [5.41, 5.74) is 1.03. The number of rotatable bonds is 2. The number of aliphatic hydroxyl groups excluding tert-OH is 1. The Hall–Kier alpha value is -2.05. The standard InChI is InChI=1S/C12H10ClN3O3/c1-19-9-3-2-7(13)10-8-4-6(5-17)15-16(8)12(18)14-11(9)10/h2-4,17H,5H2,1H3,(H,14,18). The molecule has 3 aromatic rings. The van der Waals surface area contributed by atoms with Gasteiger partial charge in [-0.3, -0.25) is 0 Å². The maximum Gasteiger partial charge on any atom is 0.347 e. The predicted molar refractivity (Wildman–Crippen MR) is 70.8 cm³/mol. The zero-order valence-electron chi connectivity index (χ0n) is 9.98. The van der Waals surface area contributed by atoms with Crippen LogP contribution in [0.5, 0.6) is 5.75 Å². The molecule has 0 bridgehead atoms. The largest absolute Gasteiger partial charge is 0.495 e. The van der Waals surface area contributed by atoms with Gasteiger partial charge in [0, 0.05) is 5.39 Å². The number of fused-ring (bicyclic) bond motifs is 3. The van der Waals surface area contributed by atoms with E-state index < -0.39 is 5.69 Å². The molecule has 0 fully saturated rings. The summed E-state index contributed by atoms with van der Waals surface area (Å²) in [6.07, 6.45) is 0. The Balaban J connectivity index is 2.58. The first-order valence-corrected chi connectivity index (χ1v) is 5.91. The Morgan fingerprint density at radius 3 is 3.00 bits per heavy atom. The molecule has 3 rings (SSSR count). The van der Waals surface area contributed by atoms with Crippen LogP contribution < -0.4 is 10.4 Å². The first-order chi connectivity index (χ1) is 9.15. The Bertz CT molecular complexity index is 837. The lowest BCUT2D eigenvalue weighted by atomic mass is 10.2. The highest BCUT2D eigenvalue weighted by Gasteiger charge is 2.14. The fraction of sp³-hybridized carbons (Fsp3) is 0.167. The zero-order valence-corrected chi connectivity index (χ0v) is 10.7. The second kappa shape index (κ2) is 4.25. The number of aliphatic hydroxyl groups is 1. The highest BCUT2D eigenvalue weighted by atomic mass is 35.5. The summed E-state index contributed by atoms with van der Waals surface area (Å²) < 4.78 is 6.39. The Morgan fingerprint density at radius 2 is 2.32 bits per heavy atom. The predicted octanol–water partition coefficient (Wildman–Crippen LogP) is 1.33. The minimum absolute atomic E-state index is 0.246. The van der Waals surface area contributed by atoms with Crippen LogP contribution in [-0.4, -0.2) is 26.8 Å². The Morgan fingerprint density at radius 1 is 1.53 bits per heavy atom. The molecule has 0 spiro atoms. The molecule has 0 unspecified atom stereocenters. The molecule has 0 radical (unpaired) electrons. The topological polar surface area (TPSA) is 79.6 Å². The number of aromatic nitrogens is 3. The molecule has 0 atom stereocenters. The van der Waals surface area contributed by atoms with Gasteiger partial charge in [0.15, 0.2) is 0 Å². The summed E-state index contributed by atoms with van der Waals surface area (Å²) in [4.78, 5) is 14.7. The summed E-state index contributed by atoms with van der Waals surface area (Å²) >= 11 is 6.19. The first-order valence-electron chi connectivity index (χ1n) is 5.53. The minimum Gasteiger partial charge on any atom is -0.495 e. The van der Waals surface area contributed by atoms with Crippen molar-refractivity contribution >= 4 is 28.0 Å². The fourth-order valence-corrected chi connectivity index (χ4v) is 2.36. The molecular formula is C12H10ClN3O3. The molecule has 1 aromatic carbocycles. The third-order valence-corrected chi connectivity index (χ3v) is 3.25. The van der Waals surface area contributed by atoms with Crippen molar-refractivity contribution < 1.29 is 9.84 Å². The first kappa shape index (κ1) is 12.0. The van der Waals surface area contributed by atoms with Gasteiger partial charge < -0.3 is 14.8 Å². The second-order valence-electron chi connectivity index (χ2n) is 4.02. The lowest BCUT2D eigenvalue weighted by Gasteiger charge is -2.07. The van der Waals surface area contributed by atoms with Crippen LogP contribution in [0, 0.1) is 0 Å². The molecule has 0 saturated heterocycles. The van der Waals surface area contributed by atoms with Crippen molar-refractivity contribution in [2.75, 3.05) is 7.11 Å². The van der Waals surface area contributed by atoms with Crippen LogP contribution in [0.15, 0.2) is 23.0 Å². The number of hydrogen-bond donors (Lipinski definition) is 2. The number of halogens is 1. The summed E-state index contributed by atoms with van der Waals surface area (Å²) in [6, 6.07) is 5.00. The smallest absolute Gasteiger partial charge is 0.347 e. The van der Waals surface area contributed by atoms with E-state index in [-0.39, 0.29) is 6.61 Å².